The number of thiazole rings is 1. The molecule has 1 heterocycles. The molecule has 8 heteroatoms. The summed E-state index contributed by atoms with van der Waals surface area (Å²) < 4.78 is 26.4. The molecule has 0 spiro atoms. The smallest absolute Gasteiger partial charge is 0.257 e. The standard InChI is InChI=1S/C20H17F2N3O2S/c1-11(2)18(26)23-14-6-3-12(4-7-14)19(27)25-20-24-17(10-28-20)13-5-8-15(21)16(22)9-13/h3-11H,1-2H3,(H,23,26)(H,24,25,27). The van der Waals surface area contributed by atoms with Gasteiger partial charge in [0.05, 0.1) is 5.69 Å². The topological polar surface area (TPSA) is 71.1 Å². The molecule has 28 heavy (non-hydrogen) atoms. The minimum atomic E-state index is -0.958. The van der Waals surface area contributed by atoms with E-state index in [1.165, 1.54) is 17.4 Å². The van der Waals surface area contributed by atoms with E-state index in [0.717, 1.165) is 12.1 Å². The van der Waals surface area contributed by atoms with E-state index in [2.05, 4.69) is 15.6 Å². The summed E-state index contributed by atoms with van der Waals surface area (Å²) in [5.41, 5.74) is 1.85. The fourth-order valence-corrected chi connectivity index (χ4v) is 2.99. The third-order valence-electron chi connectivity index (χ3n) is 3.88. The van der Waals surface area contributed by atoms with Crippen molar-refractivity contribution in [2.24, 2.45) is 5.92 Å². The van der Waals surface area contributed by atoms with Gasteiger partial charge in [0, 0.05) is 28.1 Å². The predicted molar refractivity (Wildman–Crippen MR) is 105 cm³/mol. The highest BCUT2D eigenvalue weighted by molar-refractivity contribution is 7.14. The molecule has 0 fully saturated rings. The van der Waals surface area contributed by atoms with E-state index in [4.69, 9.17) is 0 Å². The number of nitrogens with one attached hydrogen (secondary N) is 2. The van der Waals surface area contributed by atoms with Crippen molar-refractivity contribution in [3.63, 3.8) is 0 Å². The van der Waals surface area contributed by atoms with Gasteiger partial charge in [-0.05, 0) is 42.5 Å². The second-order valence-corrected chi connectivity index (χ2v) is 7.20. The summed E-state index contributed by atoms with van der Waals surface area (Å²) in [6.45, 7) is 3.58. The number of rotatable bonds is 5. The summed E-state index contributed by atoms with van der Waals surface area (Å²) >= 11 is 1.18. The number of hydrogen-bond acceptors (Lipinski definition) is 4. The Hall–Kier alpha value is -3.13. The number of hydrogen-bond donors (Lipinski definition) is 2. The lowest BCUT2D eigenvalue weighted by atomic mass is 10.1. The largest absolute Gasteiger partial charge is 0.326 e. The molecule has 144 valence electrons. The number of carbonyl (C=O) groups excluding carboxylic acids is 2. The molecule has 0 aliphatic rings. The van der Waals surface area contributed by atoms with E-state index in [-0.39, 0.29) is 17.7 Å². The highest BCUT2D eigenvalue weighted by Gasteiger charge is 2.12. The Morgan fingerprint density at radius 3 is 2.36 bits per heavy atom. The second-order valence-electron chi connectivity index (χ2n) is 6.34. The Labute approximate surface area is 164 Å². The summed E-state index contributed by atoms with van der Waals surface area (Å²) in [7, 11) is 0. The summed E-state index contributed by atoms with van der Waals surface area (Å²) in [6, 6.07) is 9.98. The first kappa shape index (κ1) is 19.6. The van der Waals surface area contributed by atoms with Gasteiger partial charge >= 0.3 is 0 Å². The molecule has 3 aromatic rings. The third kappa shape index (κ3) is 4.58. The van der Waals surface area contributed by atoms with Gasteiger partial charge in [0.2, 0.25) is 5.91 Å². The van der Waals surface area contributed by atoms with Crippen molar-refractivity contribution in [1.29, 1.82) is 0 Å². The average molecular weight is 401 g/mol. The number of carbonyl (C=O) groups is 2. The molecule has 2 amide bonds. The highest BCUT2D eigenvalue weighted by Crippen LogP contribution is 2.26. The van der Waals surface area contributed by atoms with E-state index < -0.39 is 11.6 Å². The zero-order valence-electron chi connectivity index (χ0n) is 15.1. The SMILES string of the molecule is CC(C)C(=O)Nc1ccc(C(=O)Nc2nc(-c3ccc(F)c(F)c3)cs2)cc1. The van der Waals surface area contributed by atoms with Gasteiger partial charge < -0.3 is 5.32 Å². The molecule has 0 bridgehead atoms. The first-order chi connectivity index (χ1) is 13.3. The van der Waals surface area contributed by atoms with E-state index in [9.17, 15) is 18.4 Å². The van der Waals surface area contributed by atoms with Crippen molar-refractivity contribution in [2.75, 3.05) is 10.6 Å². The second kappa shape index (κ2) is 8.26. The van der Waals surface area contributed by atoms with Gasteiger partial charge in [-0.25, -0.2) is 13.8 Å². The van der Waals surface area contributed by atoms with Crippen LogP contribution in [0.25, 0.3) is 11.3 Å². The lowest BCUT2D eigenvalue weighted by Crippen LogP contribution is -2.18. The van der Waals surface area contributed by atoms with Crippen LogP contribution in [0.1, 0.15) is 24.2 Å². The first-order valence-corrected chi connectivity index (χ1v) is 9.34. The minimum absolute atomic E-state index is 0.107. The third-order valence-corrected chi connectivity index (χ3v) is 4.64. The number of halogens is 2. The lowest BCUT2D eigenvalue weighted by Gasteiger charge is -2.08. The van der Waals surface area contributed by atoms with Crippen LogP contribution < -0.4 is 10.6 Å². The number of anilines is 2. The van der Waals surface area contributed by atoms with E-state index in [0.29, 0.717) is 27.6 Å². The van der Waals surface area contributed by atoms with Crippen LogP contribution in [0.3, 0.4) is 0 Å². The molecule has 0 aliphatic heterocycles. The highest BCUT2D eigenvalue weighted by atomic mass is 32.1. The number of nitrogens with zero attached hydrogens (tertiary/aromatic N) is 1. The van der Waals surface area contributed by atoms with Crippen molar-refractivity contribution in [3.8, 4) is 11.3 Å². The molecule has 2 N–H and O–H groups in total. The van der Waals surface area contributed by atoms with Gasteiger partial charge in [-0.3, -0.25) is 14.9 Å². The fourth-order valence-electron chi connectivity index (χ4n) is 2.28. The number of amides is 2. The molecule has 0 saturated heterocycles. The zero-order valence-corrected chi connectivity index (χ0v) is 15.9. The number of benzene rings is 2. The molecule has 0 atom stereocenters. The van der Waals surface area contributed by atoms with Gasteiger partial charge in [0.1, 0.15) is 0 Å². The van der Waals surface area contributed by atoms with Crippen molar-refractivity contribution in [1.82, 2.24) is 4.98 Å². The van der Waals surface area contributed by atoms with Crippen LogP contribution in [0.5, 0.6) is 0 Å². The van der Waals surface area contributed by atoms with Gasteiger partial charge in [0.15, 0.2) is 16.8 Å². The molecule has 3 rings (SSSR count). The zero-order chi connectivity index (χ0) is 20.3. The Balaban J connectivity index is 1.67. The summed E-state index contributed by atoms with van der Waals surface area (Å²) in [5.74, 6) is -2.50. The van der Waals surface area contributed by atoms with Crippen LogP contribution in [0.15, 0.2) is 47.8 Å². The van der Waals surface area contributed by atoms with Crippen LogP contribution >= 0.6 is 11.3 Å². The summed E-state index contributed by atoms with van der Waals surface area (Å²) in [4.78, 5) is 28.3. The van der Waals surface area contributed by atoms with Gasteiger partial charge in [-0.2, -0.15) is 0 Å². The maximum absolute atomic E-state index is 13.4. The summed E-state index contributed by atoms with van der Waals surface area (Å²) in [6.07, 6.45) is 0. The van der Waals surface area contributed by atoms with Crippen LogP contribution in [0.4, 0.5) is 19.6 Å². The quantitative estimate of drug-likeness (QED) is 0.636. The Morgan fingerprint density at radius 2 is 1.71 bits per heavy atom. The van der Waals surface area contributed by atoms with E-state index in [1.807, 2.05) is 0 Å². The molecule has 0 saturated carbocycles. The molecule has 0 aliphatic carbocycles. The molecular formula is C20H17F2N3O2S. The average Bonchev–Trinajstić information content (AvgIpc) is 3.13. The molecule has 2 aromatic carbocycles. The minimum Gasteiger partial charge on any atom is -0.326 e. The van der Waals surface area contributed by atoms with Crippen molar-refractivity contribution in [3.05, 3.63) is 65.0 Å². The van der Waals surface area contributed by atoms with Crippen LogP contribution in [-0.4, -0.2) is 16.8 Å². The van der Waals surface area contributed by atoms with Crippen LogP contribution in [0, 0.1) is 17.6 Å². The molecule has 1 aromatic heterocycles. The first-order valence-electron chi connectivity index (χ1n) is 8.46. The molecule has 5 nitrogen and oxygen atoms in total. The van der Waals surface area contributed by atoms with Crippen LogP contribution in [-0.2, 0) is 4.79 Å². The lowest BCUT2D eigenvalue weighted by molar-refractivity contribution is -0.118. The summed E-state index contributed by atoms with van der Waals surface area (Å²) in [5, 5.41) is 7.40. The fraction of sp³-hybridized carbons (Fsp3) is 0.150. The van der Waals surface area contributed by atoms with Crippen molar-refractivity contribution < 1.29 is 18.4 Å². The normalized spacial score (nSPS) is 10.8. The van der Waals surface area contributed by atoms with Gasteiger partial charge in [-0.1, -0.05) is 13.8 Å². The Kier molecular flexibility index (Phi) is 5.79. The Bertz CT molecular complexity index is 1020. The molecular weight excluding hydrogens is 384 g/mol. The predicted octanol–water partition coefficient (Wildman–Crippen LogP) is 4.94. The maximum Gasteiger partial charge on any atom is 0.257 e. The monoisotopic (exact) mass is 401 g/mol. The van der Waals surface area contributed by atoms with Crippen molar-refractivity contribution in [2.45, 2.75) is 13.8 Å². The van der Waals surface area contributed by atoms with Crippen LogP contribution in [0.2, 0.25) is 0 Å². The maximum atomic E-state index is 13.4. The number of aromatic nitrogens is 1. The Morgan fingerprint density at radius 1 is 1.00 bits per heavy atom. The molecule has 0 radical (unpaired) electrons. The van der Waals surface area contributed by atoms with E-state index in [1.54, 1.807) is 43.5 Å². The van der Waals surface area contributed by atoms with Gasteiger partial charge in [0.25, 0.3) is 5.91 Å². The molecule has 0 unspecified atom stereocenters. The van der Waals surface area contributed by atoms with Crippen molar-refractivity contribution >= 4 is 34.0 Å². The van der Waals surface area contributed by atoms with E-state index >= 15 is 0 Å². The van der Waals surface area contributed by atoms with Gasteiger partial charge in [-0.15, -0.1) is 11.3 Å².